The zero-order valence-electron chi connectivity index (χ0n) is 13.6. The Bertz CT molecular complexity index is 945. The second-order valence-electron chi connectivity index (χ2n) is 5.44. The molecule has 1 aromatic heterocycles. The van der Waals surface area contributed by atoms with E-state index in [2.05, 4.69) is 25.8 Å². The molecule has 0 aliphatic heterocycles. The Labute approximate surface area is 152 Å². The van der Waals surface area contributed by atoms with Crippen LogP contribution in [0.5, 0.6) is 0 Å². The highest BCUT2D eigenvalue weighted by Gasteiger charge is 2.30. The quantitative estimate of drug-likeness (QED) is 0.362. The van der Waals surface area contributed by atoms with Crippen molar-refractivity contribution in [1.29, 1.82) is 0 Å². The number of imidazole rings is 1. The van der Waals surface area contributed by atoms with E-state index in [4.69, 9.17) is 12.2 Å². The van der Waals surface area contributed by atoms with Gasteiger partial charge < -0.3 is 10.3 Å². The molecule has 3 rings (SSSR count). The monoisotopic (exact) mass is 377 g/mol. The van der Waals surface area contributed by atoms with Crippen LogP contribution < -0.4 is 10.7 Å². The third-order valence-corrected chi connectivity index (χ3v) is 3.70. The SMILES string of the molecule is C/C(=N\NC(=S)Nc1cccc(C(F)(F)F)c1)c1nc2ccccc2[nH]1. The van der Waals surface area contributed by atoms with Crippen LogP contribution in [-0.4, -0.2) is 20.8 Å². The highest BCUT2D eigenvalue weighted by Crippen LogP contribution is 2.30. The van der Waals surface area contributed by atoms with Gasteiger partial charge in [0, 0.05) is 5.69 Å². The van der Waals surface area contributed by atoms with Crippen molar-refractivity contribution in [3.8, 4) is 0 Å². The number of fused-ring (bicyclic) bond motifs is 1. The minimum Gasteiger partial charge on any atom is -0.337 e. The molecule has 0 aliphatic rings. The Morgan fingerprint density at radius 2 is 1.92 bits per heavy atom. The van der Waals surface area contributed by atoms with Crippen molar-refractivity contribution in [3.63, 3.8) is 0 Å². The second kappa shape index (κ2) is 7.12. The Kier molecular flexibility index (Phi) is 4.90. The average Bonchev–Trinajstić information content (AvgIpc) is 3.03. The molecule has 0 atom stereocenters. The van der Waals surface area contributed by atoms with E-state index in [-0.39, 0.29) is 10.8 Å². The van der Waals surface area contributed by atoms with Crippen molar-refractivity contribution in [3.05, 3.63) is 59.9 Å². The number of hydrazone groups is 1. The number of hydrogen-bond donors (Lipinski definition) is 3. The summed E-state index contributed by atoms with van der Waals surface area (Å²) in [5.41, 5.74) is 4.29. The maximum atomic E-state index is 12.7. The van der Waals surface area contributed by atoms with E-state index in [0.29, 0.717) is 11.5 Å². The summed E-state index contributed by atoms with van der Waals surface area (Å²) in [6.45, 7) is 1.73. The number of alkyl halides is 3. The molecule has 0 fully saturated rings. The fourth-order valence-electron chi connectivity index (χ4n) is 2.24. The number of aromatic amines is 1. The van der Waals surface area contributed by atoms with Crippen molar-refractivity contribution in [2.75, 3.05) is 5.32 Å². The Morgan fingerprint density at radius 1 is 1.15 bits per heavy atom. The van der Waals surface area contributed by atoms with Gasteiger partial charge in [-0.2, -0.15) is 18.3 Å². The predicted molar refractivity (Wildman–Crippen MR) is 99.1 cm³/mol. The molecule has 134 valence electrons. The summed E-state index contributed by atoms with van der Waals surface area (Å²) < 4.78 is 38.2. The zero-order valence-corrected chi connectivity index (χ0v) is 14.4. The lowest BCUT2D eigenvalue weighted by Gasteiger charge is -2.11. The van der Waals surface area contributed by atoms with Gasteiger partial charge in [-0.15, -0.1) is 0 Å². The van der Waals surface area contributed by atoms with Crippen LogP contribution in [0, 0.1) is 0 Å². The maximum Gasteiger partial charge on any atom is 0.416 e. The molecule has 26 heavy (non-hydrogen) atoms. The first kappa shape index (κ1) is 17.9. The standard InChI is InChI=1S/C17H14F3N5S/c1-10(15-22-13-7-2-3-8-14(13)23-15)24-25-16(26)21-12-6-4-5-11(9-12)17(18,19)20/h2-9H,1H3,(H,22,23)(H2,21,25,26)/b24-10+. The molecule has 0 amide bonds. The minimum absolute atomic E-state index is 0.0692. The second-order valence-corrected chi connectivity index (χ2v) is 5.85. The van der Waals surface area contributed by atoms with E-state index in [9.17, 15) is 13.2 Å². The van der Waals surface area contributed by atoms with Crippen molar-refractivity contribution in [2.45, 2.75) is 13.1 Å². The summed E-state index contributed by atoms with van der Waals surface area (Å²) in [5, 5.41) is 6.84. The molecule has 0 radical (unpaired) electrons. The molecular weight excluding hydrogens is 363 g/mol. The number of nitrogens with one attached hydrogen (secondary N) is 3. The van der Waals surface area contributed by atoms with Crippen LogP contribution in [0.15, 0.2) is 53.6 Å². The third-order valence-electron chi connectivity index (χ3n) is 3.50. The van der Waals surface area contributed by atoms with Gasteiger partial charge in [0.2, 0.25) is 0 Å². The average molecular weight is 377 g/mol. The normalized spacial score (nSPS) is 12.2. The van der Waals surface area contributed by atoms with Gasteiger partial charge in [0.1, 0.15) is 5.71 Å². The first-order valence-corrected chi connectivity index (χ1v) is 7.97. The van der Waals surface area contributed by atoms with Gasteiger partial charge in [0.25, 0.3) is 0 Å². The van der Waals surface area contributed by atoms with Gasteiger partial charge in [-0.25, -0.2) is 4.98 Å². The predicted octanol–water partition coefficient (Wildman–Crippen LogP) is 4.29. The summed E-state index contributed by atoms with van der Waals surface area (Å²) in [4.78, 5) is 7.52. The van der Waals surface area contributed by atoms with E-state index in [1.807, 2.05) is 24.3 Å². The Hall–Kier alpha value is -2.94. The third kappa shape index (κ3) is 4.17. The number of H-pyrrole nitrogens is 1. The lowest BCUT2D eigenvalue weighted by molar-refractivity contribution is -0.137. The van der Waals surface area contributed by atoms with E-state index >= 15 is 0 Å². The number of halogens is 3. The highest BCUT2D eigenvalue weighted by atomic mass is 32.1. The highest BCUT2D eigenvalue weighted by molar-refractivity contribution is 7.80. The fourth-order valence-corrected chi connectivity index (χ4v) is 2.41. The summed E-state index contributed by atoms with van der Waals surface area (Å²) in [6, 6.07) is 12.3. The zero-order chi connectivity index (χ0) is 18.7. The maximum absolute atomic E-state index is 12.7. The van der Waals surface area contributed by atoms with Crippen LogP contribution in [0.4, 0.5) is 18.9 Å². The summed E-state index contributed by atoms with van der Waals surface area (Å²) in [6.07, 6.45) is -4.41. The van der Waals surface area contributed by atoms with Gasteiger partial charge >= 0.3 is 6.18 Å². The molecule has 0 aliphatic carbocycles. The van der Waals surface area contributed by atoms with Crippen molar-refractivity contribution in [2.24, 2.45) is 5.10 Å². The summed E-state index contributed by atoms with van der Waals surface area (Å²) in [5.74, 6) is 0.570. The number of benzene rings is 2. The number of anilines is 1. The Morgan fingerprint density at radius 3 is 2.65 bits per heavy atom. The van der Waals surface area contributed by atoms with Crippen LogP contribution in [0.1, 0.15) is 18.3 Å². The summed E-state index contributed by atoms with van der Waals surface area (Å²) >= 11 is 5.06. The number of para-hydroxylation sites is 2. The van der Waals surface area contributed by atoms with Gasteiger partial charge in [0.15, 0.2) is 10.9 Å². The van der Waals surface area contributed by atoms with Crippen LogP contribution in [0.2, 0.25) is 0 Å². The fraction of sp³-hybridized carbons (Fsp3) is 0.118. The van der Waals surface area contributed by atoms with E-state index in [1.54, 1.807) is 6.92 Å². The smallest absolute Gasteiger partial charge is 0.337 e. The first-order chi connectivity index (χ1) is 12.3. The largest absolute Gasteiger partial charge is 0.416 e. The molecule has 5 nitrogen and oxygen atoms in total. The molecule has 0 spiro atoms. The minimum atomic E-state index is -4.41. The number of thiocarbonyl (C=S) groups is 1. The van der Waals surface area contributed by atoms with Gasteiger partial charge in [0.05, 0.1) is 16.6 Å². The molecule has 1 heterocycles. The molecule has 0 unspecified atom stereocenters. The van der Waals surface area contributed by atoms with Crippen LogP contribution in [0.25, 0.3) is 11.0 Å². The molecule has 3 N–H and O–H groups in total. The lowest BCUT2D eigenvalue weighted by atomic mass is 10.2. The van der Waals surface area contributed by atoms with E-state index in [1.165, 1.54) is 12.1 Å². The van der Waals surface area contributed by atoms with Crippen LogP contribution in [-0.2, 0) is 6.18 Å². The summed E-state index contributed by atoms with van der Waals surface area (Å²) in [7, 11) is 0. The van der Waals surface area contributed by atoms with Crippen LogP contribution >= 0.6 is 12.2 Å². The first-order valence-electron chi connectivity index (χ1n) is 7.56. The van der Waals surface area contributed by atoms with Crippen molar-refractivity contribution >= 4 is 39.8 Å². The number of rotatable bonds is 3. The number of hydrogen-bond acceptors (Lipinski definition) is 3. The Balaban J connectivity index is 1.67. The molecular formula is C17H14F3N5S. The number of aromatic nitrogens is 2. The topological polar surface area (TPSA) is 65.1 Å². The van der Waals surface area contributed by atoms with Gasteiger partial charge in [-0.1, -0.05) is 18.2 Å². The molecule has 0 saturated carbocycles. The molecule has 0 bridgehead atoms. The van der Waals surface area contributed by atoms with Gasteiger partial charge in [-0.3, -0.25) is 5.43 Å². The van der Waals surface area contributed by atoms with Crippen LogP contribution in [0.3, 0.4) is 0 Å². The van der Waals surface area contributed by atoms with Gasteiger partial charge in [-0.05, 0) is 49.5 Å². The molecule has 9 heteroatoms. The number of nitrogens with zero attached hydrogens (tertiary/aromatic N) is 2. The van der Waals surface area contributed by atoms with Crippen molar-refractivity contribution < 1.29 is 13.2 Å². The molecule has 2 aromatic carbocycles. The lowest BCUT2D eigenvalue weighted by Crippen LogP contribution is -2.25. The van der Waals surface area contributed by atoms with E-state index < -0.39 is 11.7 Å². The molecule has 3 aromatic rings. The van der Waals surface area contributed by atoms with Crippen molar-refractivity contribution in [1.82, 2.24) is 15.4 Å². The van der Waals surface area contributed by atoms with E-state index in [0.717, 1.165) is 23.2 Å². The molecule has 0 saturated heterocycles.